The van der Waals surface area contributed by atoms with E-state index < -0.39 is 6.61 Å². The number of imidazole rings is 1. The predicted octanol–water partition coefficient (Wildman–Crippen LogP) is 2.11. The number of nitrogens with zero attached hydrogens (tertiary/aromatic N) is 1. The van der Waals surface area contributed by atoms with Crippen molar-refractivity contribution in [2.75, 3.05) is 6.61 Å². The Bertz CT molecular complexity index is 775. The molecule has 100 valence electrons. The Kier molecular flexibility index (Phi) is 2.96. The number of benzene rings is 2. The van der Waals surface area contributed by atoms with Crippen molar-refractivity contribution in [3.8, 4) is 17.1 Å². The van der Waals surface area contributed by atoms with E-state index >= 15 is 0 Å². The van der Waals surface area contributed by atoms with E-state index in [1.807, 2.05) is 0 Å². The van der Waals surface area contributed by atoms with Gasteiger partial charge in [-0.3, -0.25) is 4.79 Å². The van der Waals surface area contributed by atoms with Gasteiger partial charge < -0.3 is 15.2 Å². The largest absolute Gasteiger partial charge is 0.508 e. The fourth-order valence-electron chi connectivity index (χ4n) is 2.03. The third kappa shape index (κ3) is 2.15. The monoisotopic (exact) mass is 268 g/mol. The minimum atomic E-state index is -0.509. The Hall–Kier alpha value is -2.66. The second-order valence-electron chi connectivity index (χ2n) is 4.45. The van der Waals surface area contributed by atoms with Crippen LogP contribution in [0.25, 0.3) is 22.4 Å². The van der Waals surface area contributed by atoms with Gasteiger partial charge in [0.05, 0.1) is 11.0 Å². The molecule has 20 heavy (non-hydrogen) atoms. The van der Waals surface area contributed by atoms with Gasteiger partial charge in [0.15, 0.2) is 5.78 Å². The van der Waals surface area contributed by atoms with Crippen LogP contribution in [0, 0.1) is 0 Å². The zero-order valence-corrected chi connectivity index (χ0v) is 10.5. The number of ketones is 1. The number of carbonyl (C=O) groups is 1. The average molecular weight is 268 g/mol. The average Bonchev–Trinajstić information content (AvgIpc) is 2.90. The zero-order chi connectivity index (χ0) is 14.1. The van der Waals surface area contributed by atoms with Gasteiger partial charge in [-0.15, -0.1) is 0 Å². The van der Waals surface area contributed by atoms with Gasteiger partial charge in [-0.1, -0.05) is 0 Å². The minimum Gasteiger partial charge on any atom is -0.508 e. The van der Waals surface area contributed by atoms with Crippen LogP contribution in [0.4, 0.5) is 0 Å². The Morgan fingerprint density at radius 3 is 2.60 bits per heavy atom. The zero-order valence-electron chi connectivity index (χ0n) is 10.5. The number of Topliss-reactive ketones (excluding diaryl/α,β-unsaturated/α-hetero) is 1. The van der Waals surface area contributed by atoms with Gasteiger partial charge in [0.1, 0.15) is 18.2 Å². The number of phenols is 1. The molecule has 5 heteroatoms. The lowest BCUT2D eigenvalue weighted by molar-refractivity contribution is 0.0904. The predicted molar refractivity (Wildman–Crippen MR) is 74.6 cm³/mol. The summed E-state index contributed by atoms with van der Waals surface area (Å²) in [6.07, 6.45) is 0. The van der Waals surface area contributed by atoms with E-state index in [4.69, 9.17) is 5.11 Å². The molecule has 0 spiro atoms. The van der Waals surface area contributed by atoms with Gasteiger partial charge in [0, 0.05) is 11.1 Å². The Balaban J connectivity index is 2.06. The highest BCUT2D eigenvalue weighted by Crippen LogP contribution is 2.23. The highest BCUT2D eigenvalue weighted by molar-refractivity contribution is 5.99. The van der Waals surface area contributed by atoms with E-state index in [9.17, 15) is 9.90 Å². The second-order valence-corrected chi connectivity index (χ2v) is 4.45. The molecule has 0 amide bonds. The van der Waals surface area contributed by atoms with Crippen molar-refractivity contribution in [1.29, 1.82) is 0 Å². The maximum atomic E-state index is 11.5. The number of rotatable bonds is 3. The molecule has 3 rings (SSSR count). The molecule has 1 heterocycles. The van der Waals surface area contributed by atoms with Crippen LogP contribution in [0.5, 0.6) is 5.75 Å². The lowest BCUT2D eigenvalue weighted by Gasteiger charge is -1.96. The SMILES string of the molecule is O=C(CO)c1ccc2nc(-c3ccc(O)cc3)[nH]c2c1. The summed E-state index contributed by atoms with van der Waals surface area (Å²) in [5.41, 5.74) is 2.75. The molecule has 0 aliphatic rings. The second kappa shape index (κ2) is 4.79. The summed E-state index contributed by atoms with van der Waals surface area (Å²) in [4.78, 5) is 19.0. The molecule has 0 saturated heterocycles. The molecular weight excluding hydrogens is 256 g/mol. The number of aromatic nitrogens is 2. The van der Waals surface area contributed by atoms with Gasteiger partial charge in [-0.25, -0.2) is 4.98 Å². The van der Waals surface area contributed by atoms with Crippen LogP contribution in [-0.2, 0) is 0 Å². The van der Waals surface area contributed by atoms with E-state index in [2.05, 4.69) is 9.97 Å². The number of aromatic hydroxyl groups is 1. The topological polar surface area (TPSA) is 86.2 Å². The van der Waals surface area contributed by atoms with Gasteiger partial charge in [-0.05, 0) is 42.5 Å². The van der Waals surface area contributed by atoms with Gasteiger partial charge in [-0.2, -0.15) is 0 Å². The summed E-state index contributed by atoms with van der Waals surface area (Å²) in [5.74, 6) is 0.530. The molecule has 0 saturated carbocycles. The van der Waals surface area contributed by atoms with Crippen LogP contribution in [-0.4, -0.2) is 32.6 Å². The van der Waals surface area contributed by atoms with Crippen LogP contribution < -0.4 is 0 Å². The van der Waals surface area contributed by atoms with Crippen molar-refractivity contribution in [2.45, 2.75) is 0 Å². The quantitative estimate of drug-likeness (QED) is 0.635. The normalized spacial score (nSPS) is 10.8. The highest BCUT2D eigenvalue weighted by Gasteiger charge is 2.09. The summed E-state index contributed by atoms with van der Waals surface area (Å²) >= 11 is 0. The van der Waals surface area contributed by atoms with Crippen LogP contribution in [0.3, 0.4) is 0 Å². The molecule has 1 aromatic heterocycles. The Morgan fingerprint density at radius 1 is 1.15 bits per heavy atom. The number of aromatic amines is 1. The van der Waals surface area contributed by atoms with E-state index in [0.29, 0.717) is 11.4 Å². The highest BCUT2D eigenvalue weighted by atomic mass is 16.3. The van der Waals surface area contributed by atoms with Crippen molar-refractivity contribution in [1.82, 2.24) is 9.97 Å². The first kappa shape index (κ1) is 12.4. The fraction of sp³-hybridized carbons (Fsp3) is 0.0667. The van der Waals surface area contributed by atoms with E-state index in [-0.39, 0.29) is 11.5 Å². The first-order valence-corrected chi connectivity index (χ1v) is 6.10. The first-order valence-electron chi connectivity index (χ1n) is 6.10. The molecule has 0 fully saturated rings. The number of hydrogen-bond acceptors (Lipinski definition) is 4. The van der Waals surface area contributed by atoms with Crippen molar-refractivity contribution in [3.05, 3.63) is 48.0 Å². The van der Waals surface area contributed by atoms with Crippen LogP contribution in [0.15, 0.2) is 42.5 Å². The third-order valence-corrected chi connectivity index (χ3v) is 3.09. The van der Waals surface area contributed by atoms with Gasteiger partial charge in [0.25, 0.3) is 0 Å². The van der Waals surface area contributed by atoms with E-state index in [1.165, 1.54) is 0 Å². The molecule has 0 bridgehead atoms. The summed E-state index contributed by atoms with van der Waals surface area (Å²) < 4.78 is 0. The lowest BCUT2D eigenvalue weighted by atomic mass is 10.1. The fourth-order valence-corrected chi connectivity index (χ4v) is 2.03. The molecule has 0 atom stereocenters. The number of phenolic OH excluding ortho intramolecular Hbond substituents is 1. The van der Waals surface area contributed by atoms with Crippen LogP contribution >= 0.6 is 0 Å². The molecule has 0 aliphatic carbocycles. The molecule has 3 aromatic rings. The first-order chi connectivity index (χ1) is 9.67. The maximum absolute atomic E-state index is 11.5. The summed E-state index contributed by atoms with van der Waals surface area (Å²) in [5, 5.41) is 18.1. The van der Waals surface area contributed by atoms with Crippen molar-refractivity contribution < 1.29 is 15.0 Å². The number of nitrogens with one attached hydrogen (secondary N) is 1. The van der Waals surface area contributed by atoms with Crippen molar-refractivity contribution in [3.63, 3.8) is 0 Å². The molecule has 5 nitrogen and oxygen atoms in total. The summed E-state index contributed by atoms with van der Waals surface area (Å²) in [7, 11) is 0. The third-order valence-electron chi connectivity index (χ3n) is 3.09. The lowest BCUT2D eigenvalue weighted by Crippen LogP contribution is -2.03. The molecular formula is C15H12N2O3. The summed E-state index contributed by atoms with van der Waals surface area (Å²) in [6, 6.07) is 11.7. The minimum absolute atomic E-state index is 0.195. The Labute approximate surface area is 114 Å². The van der Waals surface area contributed by atoms with Crippen LogP contribution in [0.1, 0.15) is 10.4 Å². The maximum Gasteiger partial charge on any atom is 0.188 e. The number of fused-ring (bicyclic) bond motifs is 1. The number of aliphatic hydroxyl groups excluding tert-OH is 1. The van der Waals surface area contributed by atoms with Gasteiger partial charge >= 0.3 is 0 Å². The number of aliphatic hydroxyl groups is 1. The number of hydrogen-bond donors (Lipinski definition) is 3. The molecule has 0 radical (unpaired) electrons. The number of carbonyl (C=O) groups excluding carboxylic acids is 1. The smallest absolute Gasteiger partial charge is 0.188 e. The molecule has 0 aliphatic heterocycles. The molecule has 3 N–H and O–H groups in total. The van der Waals surface area contributed by atoms with Crippen LogP contribution in [0.2, 0.25) is 0 Å². The van der Waals surface area contributed by atoms with Crippen molar-refractivity contribution >= 4 is 16.8 Å². The number of H-pyrrole nitrogens is 1. The van der Waals surface area contributed by atoms with Crippen molar-refractivity contribution in [2.24, 2.45) is 0 Å². The standard InChI is InChI=1S/C15H12N2O3/c18-8-14(20)10-3-6-12-13(7-10)17-15(16-12)9-1-4-11(19)5-2-9/h1-7,18-19H,8H2,(H,16,17). The van der Waals surface area contributed by atoms with Gasteiger partial charge in [0.2, 0.25) is 0 Å². The molecule has 0 unspecified atom stereocenters. The summed E-state index contributed by atoms with van der Waals surface area (Å²) in [6.45, 7) is -0.509. The van der Waals surface area contributed by atoms with E-state index in [0.717, 1.165) is 16.6 Å². The molecule has 2 aromatic carbocycles. The Morgan fingerprint density at radius 2 is 1.90 bits per heavy atom. The van der Waals surface area contributed by atoms with E-state index in [1.54, 1.807) is 42.5 Å².